The Morgan fingerprint density at radius 3 is 2.53 bits per heavy atom. The van der Waals surface area contributed by atoms with E-state index in [1.807, 2.05) is 6.92 Å². The molecule has 1 aliphatic rings. The van der Waals surface area contributed by atoms with Gasteiger partial charge in [-0.25, -0.2) is 13.1 Å². The van der Waals surface area contributed by atoms with Gasteiger partial charge in [0.05, 0.1) is 10.3 Å². The number of nitrogens with one attached hydrogen (secondary N) is 3. The fourth-order valence-electron chi connectivity index (χ4n) is 3.70. The minimum Gasteiger partial charge on any atom is -0.322 e. The van der Waals surface area contributed by atoms with Crippen LogP contribution in [0.1, 0.15) is 42.1 Å². The van der Waals surface area contributed by atoms with E-state index in [9.17, 15) is 22.8 Å². The van der Waals surface area contributed by atoms with E-state index < -0.39 is 21.3 Å². The molecule has 1 unspecified atom stereocenters. The Balaban J connectivity index is 1.77. The largest absolute Gasteiger partial charge is 0.322 e. The summed E-state index contributed by atoms with van der Waals surface area (Å²) in [5.41, 5.74) is 0.669. The highest BCUT2D eigenvalue weighted by molar-refractivity contribution is 7.89. The fraction of sp³-hybridized carbons (Fsp3) is 0.261. The first kappa shape index (κ1) is 23.4. The van der Waals surface area contributed by atoms with Crippen LogP contribution in [0.3, 0.4) is 0 Å². The van der Waals surface area contributed by atoms with Gasteiger partial charge in [-0.05, 0) is 48.7 Å². The molecular weight excluding hydrogens is 430 g/mol. The van der Waals surface area contributed by atoms with Crippen molar-refractivity contribution in [2.75, 3.05) is 11.9 Å². The Morgan fingerprint density at radius 1 is 1.19 bits per heavy atom. The summed E-state index contributed by atoms with van der Waals surface area (Å²) >= 11 is 0. The molecule has 3 rings (SSSR count). The van der Waals surface area contributed by atoms with Crippen molar-refractivity contribution in [2.45, 2.75) is 36.5 Å². The van der Waals surface area contributed by atoms with Crippen molar-refractivity contribution >= 4 is 33.4 Å². The van der Waals surface area contributed by atoms with Gasteiger partial charge in [-0.1, -0.05) is 31.2 Å². The molecule has 168 valence electrons. The molecule has 0 aliphatic carbocycles. The Hall–Kier alpha value is -3.30. The molecule has 2 aromatic carbocycles. The standard InChI is InChI=1S/C23H25N3O5S/c1-3-14-24-32(30,31)19-7-5-6-16(15-19)21(28)25-18-10-8-17(9-11-18)23(4-2)13-12-20(27)26-22(23)29/h3,5-11,15,24H,1,4,12-14H2,2H3,(H,25,28)(H,26,27,29). The molecule has 3 amide bonds. The first-order valence-corrected chi connectivity index (χ1v) is 11.7. The molecule has 3 N–H and O–H groups in total. The Morgan fingerprint density at radius 2 is 1.91 bits per heavy atom. The Labute approximate surface area is 187 Å². The molecule has 1 saturated heterocycles. The third-order valence-corrected chi connectivity index (χ3v) is 7.01. The van der Waals surface area contributed by atoms with Gasteiger partial charge >= 0.3 is 0 Å². The van der Waals surface area contributed by atoms with E-state index in [4.69, 9.17) is 0 Å². The molecular formula is C23H25N3O5S. The summed E-state index contributed by atoms with van der Waals surface area (Å²) in [5.74, 6) is -1.05. The zero-order valence-electron chi connectivity index (χ0n) is 17.7. The van der Waals surface area contributed by atoms with Crippen molar-refractivity contribution in [3.05, 3.63) is 72.3 Å². The van der Waals surface area contributed by atoms with Crippen molar-refractivity contribution in [3.63, 3.8) is 0 Å². The summed E-state index contributed by atoms with van der Waals surface area (Å²) in [5, 5.41) is 5.14. The molecule has 8 nitrogen and oxygen atoms in total. The quantitative estimate of drug-likeness (QED) is 0.417. The SMILES string of the molecule is C=CCNS(=O)(=O)c1cccc(C(=O)Nc2ccc(C3(CC)CCC(=O)NC3=O)cc2)c1. The second-order valence-electron chi connectivity index (χ2n) is 7.51. The van der Waals surface area contributed by atoms with Crippen LogP contribution in [0.25, 0.3) is 0 Å². The number of amides is 3. The highest BCUT2D eigenvalue weighted by Crippen LogP contribution is 2.36. The lowest BCUT2D eigenvalue weighted by molar-refractivity contribution is -0.138. The van der Waals surface area contributed by atoms with E-state index in [1.165, 1.54) is 30.3 Å². The lowest BCUT2D eigenvalue weighted by atomic mass is 9.72. The maximum Gasteiger partial charge on any atom is 0.255 e. The Kier molecular flexibility index (Phi) is 6.90. The van der Waals surface area contributed by atoms with Gasteiger partial charge in [0.15, 0.2) is 0 Å². The lowest BCUT2D eigenvalue weighted by Gasteiger charge is -2.35. The van der Waals surface area contributed by atoms with Crippen LogP contribution >= 0.6 is 0 Å². The second kappa shape index (κ2) is 9.46. The van der Waals surface area contributed by atoms with Crippen molar-refractivity contribution in [3.8, 4) is 0 Å². The van der Waals surface area contributed by atoms with Gasteiger partial charge in [-0.15, -0.1) is 6.58 Å². The number of hydrogen-bond acceptors (Lipinski definition) is 5. The van der Waals surface area contributed by atoms with Gasteiger partial charge in [-0.2, -0.15) is 0 Å². The second-order valence-corrected chi connectivity index (χ2v) is 9.28. The predicted molar refractivity (Wildman–Crippen MR) is 121 cm³/mol. The Bertz CT molecular complexity index is 1160. The van der Waals surface area contributed by atoms with Gasteiger partial charge in [-0.3, -0.25) is 19.7 Å². The number of piperidine rings is 1. The fourth-order valence-corrected chi connectivity index (χ4v) is 4.74. The molecule has 0 spiro atoms. The van der Waals surface area contributed by atoms with Gasteiger partial charge in [0.1, 0.15) is 0 Å². The monoisotopic (exact) mass is 455 g/mol. The number of imide groups is 1. The molecule has 0 radical (unpaired) electrons. The third-order valence-electron chi connectivity index (χ3n) is 5.59. The van der Waals surface area contributed by atoms with Crippen LogP contribution < -0.4 is 15.4 Å². The number of carbonyl (C=O) groups is 3. The molecule has 9 heteroatoms. The molecule has 0 saturated carbocycles. The van der Waals surface area contributed by atoms with E-state index in [2.05, 4.69) is 21.9 Å². The number of carbonyl (C=O) groups excluding carboxylic acids is 3. The van der Waals surface area contributed by atoms with Crippen LogP contribution in [-0.4, -0.2) is 32.7 Å². The van der Waals surface area contributed by atoms with Crippen LogP contribution in [0.4, 0.5) is 5.69 Å². The van der Waals surface area contributed by atoms with Crippen molar-refractivity contribution in [2.24, 2.45) is 0 Å². The first-order valence-electron chi connectivity index (χ1n) is 10.2. The highest BCUT2D eigenvalue weighted by Gasteiger charge is 2.42. The molecule has 1 atom stereocenters. The van der Waals surface area contributed by atoms with Gasteiger partial charge < -0.3 is 5.32 Å². The summed E-state index contributed by atoms with van der Waals surface area (Å²) in [6, 6.07) is 12.6. The number of benzene rings is 2. The van der Waals surface area contributed by atoms with Crippen LogP contribution in [0.5, 0.6) is 0 Å². The van der Waals surface area contributed by atoms with Gasteiger partial charge in [0, 0.05) is 24.2 Å². The van der Waals surface area contributed by atoms with Crippen LogP contribution in [0, 0.1) is 0 Å². The summed E-state index contributed by atoms with van der Waals surface area (Å²) in [4.78, 5) is 36.7. The van der Waals surface area contributed by atoms with E-state index in [0.29, 0.717) is 18.5 Å². The summed E-state index contributed by atoms with van der Waals surface area (Å²) in [6.45, 7) is 5.45. The molecule has 32 heavy (non-hydrogen) atoms. The number of anilines is 1. The molecule has 0 aromatic heterocycles. The van der Waals surface area contributed by atoms with E-state index in [-0.39, 0.29) is 35.2 Å². The van der Waals surface area contributed by atoms with E-state index >= 15 is 0 Å². The number of hydrogen-bond donors (Lipinski definition) is 3. The van der Waals surface area contributed by atoms with Crippen LogP contribution in [-0.2, 0) is 25.0 Å². The lowest BCUT2D eigenvalue weighted by Crippen LogP contribution is -2.51. The normalized spacial score (nSPS) is 18.7. The average Bonchev–Trinajstić information content (AvgIpc) is 2.79. The number of rotatable bonds is 8. The van der Waals surface area contributed by atoms with Crippen LogP contribution in [0.15, 0.2) is 66.1 Å². The highest BCUT2D eigenvalue weighted by atomic mass is 32.2. The third kappa shape index (κ3) is 4.79. The van der Waals surface area contributed by atoms with Gasteiger partial charge in [0.25, 0.3) is 5.91 Å². The minimum atomic E-state index is -3.75. The van der Waals surface area contributed by atoms with E-state index in [1.54, 1.807) is 24.3 Å². The molecule has 1 aliphatic heterocycles. The average molecular weight is 456 g/mol. The first-order chi connectivity index (χ1) is 15.2. The van der Waals surface area contributed by atoms with Crippen LogP contribution in [0.2, 0.25) is 0 Å². The maximum absolute atomic E-state index is 12.7. The van der Waals surface area contributed by atoms with Gasteiger partial charge in [0.2, 0.25) is 21.8 Å². The van der Waals surface area contributed by atoms with Crippen molar-refractivity contribution in [1.82, 2.24) is 10.0 Å². The zero-order valence-corrected chi connectivity index (χ0v) is 18.5. The summed E-state index contributed by atoms with van der Waals surface area (Å²) < 4.78 is 26.9. The molecule has 0 bridgehead atoms. The molecule has 2 aromatic rings. The topological polar surface area (TPSA) is 121 Å². The number of sulfonamides is 1. The summed E-state index contributed by atoms with van der Waals surface area (Å²) in [6.07, 6.45) is 2.67. The van der Waals surface area contributed by atoms with Crippen molar-refractivity contribution < 1.29 is 22.8 Å². The van der Waals surface area contributed by atoms with E-state index in [0.717, 1.165) is 5.56 Å². The zero-order chi connectivity index (χ0) is 23.4. The van der Waals surface area contributed by atoms with Crippen molar-refractivity contribution in [1.29, 1.82) is 0 Å². The molecule has 1 fully saturated rings. The molecule has 1 heterocycles. The predicted octanol–water partition coefficient (Wildman–Crippen LogP) is 2.49. The maximum atomic E-state index is 12.7. The summed E-state index contributed by atoms with van der Waals surface area (Å²) in [7, 11) is -3.75. The minimum absolute atomic E-state index is 0.0231. The smallest absolute Gasteiger partial charge is 0.255 e.